The van der Waals surface area contributed by atoms with Gasteiger partial charge in [0.05, 0.1) is 11.4 Å². The van der Waals surface area contributed by atoms with Crippen molar-refractivity contribution in [1.82, 2.24) is 9.88 Å². The summed E-state index contributed by atoms with van der Waals surface area (Å²) in [6.45, 7) is 5.49. The summed E-state index contributed by atoms with van der Waals surface area (Å²) in [5.74, 6) is -0.190. The van der Waals surface area contributed by atoms with E-state index in [4.69, 9.17) is 5.73 Å². The van der Waals surface area contributed by atoms with E-state index in [-0.39, 0.29) is 11.8 Å². The van der Waals surface area contributed by atoms with Gasteiger partial charge in [-0.2, -0.15) is 0 Å². The molecule has 0 saturated carbocycles. The normalized spacial score (nSPS) is 17.3. The first-order chi connectivity index (χ1) is 14.1. The number of fused-ring (bicyclic) bond motifs is 1. The lowest BCUT2D eigenvalue weighted by Gasteiger charge is -2.31. The molecular formula is C24H28N4O. The highest BCUT2D eigenvalue weighted by Gasteiger charge is 2.23. The molecule has 150 valence electrons. The summed E-state index contributed by atoms with van der Waals surface area (Å²) in [4.78, 5) is 18.4. The number of hydrogen-bond donors (Lipinski definition) is 2. The van der Waals surface area contributed by atoms with Gasteiger partial charge in [0.25, 0.3) is 0 Å². The zero-order valence-electron chi connectivity index (χ0n) is 16.9. The largest absolute Gasteiger partial charge is 0.380 e. The third-order valence-corrected chi connectivity index (χ3v) is 5.76. The molecule has 1 fully saturated rings. The summed E-state index contributed by atoms with van der Waals surface area (Å²) >= 11 is 0. The summed E-state index contributed by atoms with van der Waals surface area (Å²) in [7, 11) is 0. The third kappa shape index (κ3) is 4.57. The Morgan fingerprint density at radius 1 is 1.21 bits per heavy atom. The van der Waals surface area contributed by atoms with Crippen molar-refractivity contribution in [3.05, 3.63) is 71.4 Å². The average Bonchev–Trinajstić information content (AvgIpc) is 2.73. The van der Waals surface area contributed by atoms with Crippen LogP contribution in [0.1, 0.15) is 29.5 Å². The summed E-state index contributed by atoms with van der Waals surface area (Å²) in [5, 5.41) is 4.72. The molecule has 1 unspecified atom stereocenters. The van der Waals surface area contributed by atoms with Crippen molar-refractivity contribution in [2.45, 2.75) is 32.9 Å². The standard InChI is InChI=1S/C24H28N4O/c1-17-5-2-9-21-22(10-11-26-23(17)21)27-14-18-6-3-7-19(13-18)15-28-12-4-8-20(16-28)24(25)29/h2-3,5-7,9-11,13,20H,4,8,12,14-16H2,1H3,(H2,25,29)(H,26,27). The topological polar surface area (TPSA) is 71.2 Å². The van der Waals surface area contributed by atoms with E-state index in [1.807, 2.05) is 12.3 Å². The third-order valence-electron chi connectivity index (χ3n) is 5.76. The van der Waals surface area contributed by atoms with E-state index < -0.39 is 0 Å². The number of nitrogens with zero attached hydrogens (tertiary/aromatic N) is 2. The van der Waals surface area contributed by atoms with Crippen molar-refractivity contribution >= 4 is 22.5 Å². The van der Waals surface area contributed by atoms with Crippen molar-refractivity contribution in [2.24, 2.45) is 11.7 Å². The molecule has 5 nitrogen and oxygen atoms in total. The number of primary amides is 1. The van der Waals surface area contributed by atoms with Crippen LogP contribution in [0.25, 0.3) is 10.9 Å². The number of anilines is 1. The van der Waals surface area contributed by atoms with Crippen LogP contribution in [0.15, 0.2) is 54.7 Å². The summed E-state index contributed by atoms with van der Waals surface area (Å²) in [6, 6.07) is 17.0. The van der Waals surface area contributed by atoms with Gasteiger partial charge in [-0.15, -0.1) is 0 Å². The molecule has 2 heterocycles. The fourth-order valence-electron chi connectivity index (χ4n) is 4.20. The van der Waals surface area contributed by atoms with Crippen LogP contribution < -0.4 is 11.1 Å². The Morgan fingerprint density at radius 2 is 2.03 bits per heavy atom. The first-order valence-corrected chi connectivity index (χ1v) is 10.3. The number of piperidine rings is 1. The molecule has 3 aromatic rings. The van der Waals surface area contributed by atoms with Crippen molar-refractivity contribution in [2.75, 3.05) is 18.4 Å². The molecule has 1 aromatic heterocycles. The first kappa shape index (κ1) is 19.4. The number of likely N-dealkylation sites (tertiary alicyclic amines) is 1. The average molecular weight is 389 g/mol. The van der Waals surface area contributed by atoms with E-state index in [0.717, 1.165) is 55.6 Å². The molecule has 1 aliphatic rings. The van der Waals surface area contributed by atoms with E-state index in [2.05, 4.69) is 64.6 Å². The predicted molar refractivity (Wildman–Crippen MR) is 117 cm³/mol. The molecule has 1 aliphatic heterocycles. The van der Waals surface area contributed by atoms with Crippen LogP contribution in [0, 0.1) is 12.8 Å². The van der Waals surface area contributed by atoms with Crippen LogP contribution in [-0.2, 0) is 17.9 Å². The number of nitrogens with two attached hydrogens (primary N) is 1. The smallest absolute Gasteiger partial charge is 0.221 e. The minimum Gasteiger partial charge on any atom is -0.380 e. The van der Waals surface area contributed by atoms with Gasteiger partial charge in [-0.05, 0) is 49.1 Å². The van der Waals surface area contributed by atoms with E-state index >= 15 is 0 Å². The highest BCUT2D eigenvalue weighted by atomic mass is 16.1. The molecule has 1 atom stereocenters. The number of aryl methyl sites for hydroxylation is 1. The van der Waals surface area contributed by atoms with Gasteiger partial charge < -0.3 is 11.1 Å². The Balaban J connectivity index is 1.43. The second-order valence-electron chi connectivity index (χ2n) is 7.98. The zero-order chi connectivity index (χ0) is 20.2. The van der Waals surface area contributed by atoms with Crippen LogP contribution in [0.2, 0.25) is 0 Å². The van der Waals surface area contributed by atoms with Crippen molar-refractivity contribution in [3.63, 3.8) is 0 Å². The van der Waals surface area contributed by atoms with E-state index in [0.29, 0.717) is 0 Å². The van der Waals surface area contributed by atoms with Gasteiger partial charge in [0, 0.05) is 36.9 Å². The van der Waals surface area contributed by atoms with Crippen LogP contribution in [0.3, 0.4) is 0 Å². The second-order valence-corrected chi connectivity index (χ2v) is 7.98. The van der Waals surface area contributed by atoms with Crippen molar-refractivity contribution in [1.29, 1.82) is 0 Å². The van der Waals surface area contributed by atoms with Crippen molar-refractivity contribution < 1.29 is 4.79 Å². The van der Waals surface area contributed by atoms with Gasteiger partial charge in [-0.3, -0.25) is 14.7 Å². The van der Waals surface area contributed by atoms with Gasteiger partial charge in [0.1, 0.15) is 0 Å². The molecule has 2 aromatic carbocycles. The number of rotatable bonds is 6. The number of amides is 1. The molecule has 5 heteroatoms. The number of benzene rings is 2. The molecule has 1 saturated heterocycles. The van der Waals surface area contributed by atoms with Gasteiger partial charge >= 0.3 is 0 Å². The molecule has 3 N–H and O–H groups in total. The molecule has 0 radical (unpaired) electrons. The Labute approximate surface area is 171 Å². The Morgan fingerprint density at radius 3 is 2.90 bits per heavy atom. The second kappa shape index (κ2) is 8.62. The molecular weight excluding hydrogens is 360 g/mol. The Kier molecular flexibility index (Phi) is 5.76. The number of carbonyl (C=O) groups excluding carboxylic acids is 1. The molecule has 1 amide bonds. The summed E-state index contributed by atoms with van der Waals surface area (Å²) < 4.78 is 0. The van der Waals surface area contributed by atoms with Gasteiger partial charge in [0.15, 0.2) is 0 Å². The molecule has 0 aliphatic carbocycles. The fraction of sp³-hybridized carbons (Fsp3) is 0.333. The predicted octanol–water partition coefficient (Wildman–Crippen LogP) is 3.85. The highest BCUT2D eigenvalue weighted by Crippen LogP contribution is 2.24. The summed E-state index contributed by atoms with van der Waals surface area (Å²) in [5.41, 5.74) is 11.3. The van der Waals surface area contributed by atoms with Crippen LogP contribution in [0.5, 0.6) is 0 Å². The Hall–Kier alpha value is -2.92. The zero-order valence-corrected chi connectivity index (χ0v) is 16.9. The van der Waals surface area contributed by atoms with Gasteiger partial charge in [0.2, 0.25) is 5.91 Å². The number of pyridine rings is 1. The highest BCUT2D eigenvalue weighted by molar-refractivity contribution is 5.92. The fourth-order valence-corrected chi connectivity index (χ4v) is 4.20. The monoisotopic (exact) mass is 388 g/mol. The molecule has 4 rings (SSSR count). The molecule has 0 spiro atoms. The first-order valence-electron chi connectivity index (χ1n) is 10.3. The number of carbonyl (C=O) groups is 1. The quantitative estimate of drug-likeness (QED) is 0.673. The van der Waals surface area contributed by atoms with Gasteiger partial charge in [-0.25, -0.2) is 0 Å². The lowest BCUT2D eigenvalue weighted by Crippen LogP contribution is -2.40. The van der Waals surface area contributed by atoms with Crippen LogP contribution >= 0.6 is 0 Å². The van der Waals surface area contributed by atoms with E-state index in [1.165, 1.54) is 16.7 Å². The SMILES string of the molecule is Cc1cccc2c(NCc3cccc(CN4CCCC(C(N)=O)C4)c3)ccnc12. The number of hydrogen-bond acceptors (Lipinski definition) is 4. The van der Waals surface area contributed by atoms with Gasteiger partial charge in [-0.1, -0.05) is 42.5 Å². The van der Waals surface area contributed by atoms with E-state index in [9.17, 15) is 4.79 Å². The van der Waals surface area contributed by atoms with Crippen LogP contribution in [0.4, 0.5) is 5.69 Å². The number of aromatic nitrogens is 1. The van der Waals surface area contributed by atoms with Crippen molar-refractivity contribution in [3.8, 4) is 0 Å². The Bertz CT molecular complexity index is 1020. The number of nitrogens with one attached hydrogen (secondary N) is 1. The summed E-state index contributed by atoms with van der Waals surface area (Å²) in [6.07, 6.45) is 3.80. The minimum absolute atomic E-state index is 0.0166. The minimum atomic E-state index is -0.174. The number of para-hydroxylation sites is 1. The lowest BCUT2D eigenvalue weighted by molar-refractivity contribution is -0.123. The van der Waals surface area contributed by atoms with E-state index in [1.54, 1.807) is 0 Å². The molecule has 29 heavy (non-hydrogen) atoms. The molecule has 0 bridgehead atoms. The maximum absolute atomic E-state index is 11.5. The maximum Gasteiger partial charge on any atom is 0.221 e. The van der Waals surface area contributed by atoms with Crippen LogP contribution in [-0.4, -0.2) is 28.9 Å². The lowest BCUT2D eigenvalue weighted by atomic mass is 9.97. The maximum atomic E-state index is 11.5.